The fraction of sp³-hybridized carbons (Fsp3) is 0.538. The van der Waals surface area contributed by atoms with Gasteiger partial charge in [-0.05, 0) is 37.6 Å². The minimum atomic E-state index is -0.429. The third-order valence-electron chi connectivity index (χ3n) is 2.15. The number of aliphatic hydroxyl groups is 1. The molecule has 0 aliphatic rings. The highest BCUT2D eigenvalue weighted by molar-refractivity contribution is 5.28. The molecule has 0 heterocycles. The summed E-state index contributed by atoms with van der Waals surface area (Å²) in [5, 5.41) is 12.5. The molecule has 0 saturated heterocycles. The first-order valence-corrected chi connectivity index (χ1v) is 5.83. The van der Waals surface area contributed by atoms with Gasteiger partial charge in [0, 0.05) is 6.54 Å². The van der Waals surface area contributed by atoms with Crippen LogP contribution in [0.25, 0.3) is 0 Å². The van der Waals surface area contributed by atoms with Crippen LogP contribution < -0.4 is 10.1 Å². The molecule has 2 N–H and O–H groups in total. The van der Waals surface area contributed by atoms with E-state index >= 15 is 0 Å². The third-order valence-corrected chi connectivity index (χ3v) is 2.15. The predicted octanol–water partition coefficient (Wildman–Crippen LogP) is 1.95. The van der Waals surface area contributed by atoms with Crippen molar-refractivity contribution in [1.29, 1.82) is 0 Å². The number of rotatable bonds is 7. The van der Waals surface area contributed by atoms with Gasteiger partial charge in [0.2, 0.25) is 0 Å². The average Bonchev–Trinajstić information content (AvgIpc) is 2.27. The van der Waals surface area contributed by atoms with Crippen molar-refractivity contribution in [1.82, 2.24) is 5.32 Å². The number of benzene rings is 1. The van der Waals surface area contributed by atoms with E-state index in [1.54, 1.807) is 6.92 Å². The molecule has 3 nitrogen and oxygen atoms in total. The summed E-state index contributed by atoms with van der Waals surface area (Å²) in [7, 11) is 0. The zero-order valence-corrected chi connectivity index (χ0v) is 10.1. The summed E-state index contributed by atoms with van der Waals surface area (Å²) in [4.78, 5) is 0. The minimum absolute atomic E-state index is 0.339. The Labute approximate surface area is 97.4 Å². The quantitative estimate of drug-likeness (QED) is 0.694. The van der Waals surface area contributed by atoms with Gasteiger partial charge in [-0.2, -0.15) is 0 Å². The maximum Gasteiger partial charge on any atom is 0.119 e. The molecule has 0 spiro atoms. The highest BCUT2D eigenvalue weighted by atomic mass is 16.5. The van der Waals surface area contributed by atoms with Gasteiger partial charge in [0.15, 0.2) is 0 Å². The first kappa shape index (κ1) is 13.0. The summed E-state index contributed by atoms with van der Waals surface area (Å²) in [6.45, 7) is 6.09. The first-order valence-electron chi connectivity index (χ1n) is 5.83. The molecular weight excluding hydrogens is 202 g/mol. The van der Waals surface area contributed by atoms with Gasteiger partial charge in [-0.3, -0.25) is 0 Å². The van der Waals surface area contributed by atoms with Crippen molar-refractivity contribution in [2.24, 2.45) is 0 Å². The van der Waals surface area contributed by atoms with Crippen LogP contribution in [0.1, 0.15) is 25.8 Å². The van der Waals surface area contributed by atoms with E-state index in [1.807, 2.05) is 18.2 Å². The Bertz CT molecular complexity index is 300. The van der Waals surface area contributed by atoms with Crippen LogP contribution in [0.15, 0.2) is 24.3 Å². The van der Waals surface area contributed by atoms with Crippen molar-refractivity contribution in [2.75, 3.05) is 13.2 Å². The summed E-state index contributed by atoms with van der Waals surface area (Å²) < 4.78 is 5.44. The van der Waals surface area contributed by atoms with Crippen molar-refractivity contribution in [3.63, 3.8) is 0 Å². The molecule has 0 amide bonds. The molecule has 0 radical (unpaired) electrons. The lowest BCUT2D eigenvalue weighted by atomic mass is 10.2. The zero-order valence-electron chi connectivity index (χ0n) is 10.1. The zero-order chi connectivity index (χ0) is 11.8. The van der Waals surface area contributed by atoms with E-state index in [2.05, 4.69) is 18.3 Å². The van der Waals surface area contributed by atoms with E-state index in [1.165, 1.54) is 5.56 Å². The van der Waals surface area contributed by atoms with E-state index in [0.717, 1.165) is 25.3 Å². The molecule has 16 heavy (non-hydrogen) atoms. The molecule has 3 heteroatoms. The van der Waals surface area contributed by atoms with Crippen LogP contribution in [0.4, 0.5) is 0 Å². The third kappa shape index (κ3) is 5.14. The number of ether oxygens (including phenoxy) is 1. The maximum atomic E-state index is 9.12. The van der Waals surface area contributed by atoms with Crippen LogP contribution >= 0.6 is 0 Å². The van der Waals surface area contributed by atoms with Crippen LogP contribution in [0, 0.1) is 0 Å². The highest BCUT2D eigenvalue weighted by Crippen LogP contribution is 2.13. The first-order chi connectivity index (χ1) is 7.72. The number of hydrogen-bond acceptors (Lipinski definition) is 3. The number of aliphatic hydroxyl groups excluding tert-OH is 1. The Hall–Kier alpha value is -1.06. The fourth-order valence-corrected chi connectivity index (χ4v) is 1.37. The molecule has 1 rings (SSSR count). The lowest BCUT2D eigenvalue weighted by Gasteiger charge is -2.09. The SMILES string of the molecule is CCCNCc1cccc(OCC(C)O)c1. The lowest BCUT2D eigenvalue weighted by molar-refractivity contribution is 0.122. The standard InChI is InChI=1S/C13H21NO2/c1-3-7-14-9-12-5-4-6-13(8-12)16-10-11(2)15/h4-6,8,11,14-15H,3,7,9-10H2,1-2H3. The van der Waals surface area contributed by atoms with Crippen LogP contribution in [0.5, 0.6) is 5.75 Å². The number of hydrogen-bond donors (Lipinski definition) is 2. The number of nitrogens with one attached hydrogen (secondary N) is 1. The molecule has 0 bridgehead atoms. The van der Waals surface area contributed by atoms with E-state index < -0.39 is 6.10 Å². The topological polar surface area (TPSA) is 41.5 Å². The van der Waals surface area contributed by atoms with Gasteiger partial charge >= 0.3 is 0 Å². The van der Waals surface area contributed by atoms with Crippen molar-refractivity contribution in [3.05, 3.63) is 29.8 Å². The minimum Gasteiger partial charge on any atom is -0.491 e. The lowest BCUT2D eigenvalue weighted by Crippen LogP contribution is -2.14. The predicted molar refractivity (Wildman–Crippen MR) is 65.6 cm³/mol. The smallest absolute Gasteiger partial charge is 0.119 e. The van der Waals surface area contributed by atoms with Gasteiger partial charge in [-0.1, -0.05) is 19.1 Å². The Morgan fingerprint density at radius 1 is 1.44 bits per heavy atom. The highest BCUT2D eigenvalue weighted by Gasteiger charge is 1.99. The van der Waals surface area contributed by atoms with Crippen molar-refractivity contribution < 1.29 is 9.84 Å². The van der Waals surface area contributed by atoms with Gasteiger partial charge in [0.25, 0.3) is 0 Å². The molecule has 0 aliphatic carbocycles. The van der Waals surface area contributed by atoms with E-state index in [0.29, 0.717) is 6.61 Å². The monoisotopic (exact) mass is 223 g/mol. The fourth-order valence-electron chi connectivity index (χ4n) is 1.37. The Balaban J connectivity index is 2.43. The van der Waals surface area contributed by atoms with Crippen LogP contribution in [-0.4, -0.2) is 24.4 Å². The van der Waals surface area contributed by atoms with Crippen molar-refractivity contribution in [2.45, 2.75) is 32.9 Å². The van der Waals surface area contributed by atoms with Gasteiger partial charge in [0.05, 0.1) is 6.10 Å². The average molecular weight is 223 g/mol. The van der Waals surface area contributed by atoms with Crippen LogP contribution in [0.3, 0.4) is 0 Å². The van der Waals surface area contributed by atoms with E-state index in [-0.39, 0.29) is 0 Å². The van der Waals surface area contributed by atoms with E-state index in [9.17, 15) is 0 Å². The van der Waals surface area contributed by atoms with Crippen molar-refractivity contribution >= 4 is 0 Å². The molecular formula is C13H21NO2. The Kier molecular flexibility index (Phi) is 5.90. The molecule has 1 atom stereocenters. The second-order valence-electron chi connectivity index (χ2n) is 3.98. The summed E-state index contributed by atoms with van der Waals surface area (Å²) in [5.41, 5.74) is 1.21. The van der Waals surface area contributed by atoms with Crippen molar-refractivity contribution in [3.8, 4) is 5.75 Å². The summed E-state index contributed by atoms with van der Waals surface area (Å²) in [6, 6.07) is 7.95. The second-order valence-corrected chi connectivity index (χ2v) is 3.98. The largest absolute Gasteiger partial charge is 0.491 e. The summed E-state index contributed by atoms with van der Waals surface area (Å²) >= 11 is 0. The van der Waals surface area contributed by atoms with Gasteiger partial charge in [0.1, 0.15) is 12.4 Å². The molecule has 1 aromatic rings. The molecule has 1 unspecified atom stereocenters. The normalized spacial score (nSPS) is 12.4. The molecule has 0 saturated carbocycles. The van der Waals surface area contributed by atoms with E-state index in [4.69, 9.17) is 9.84 Å². The van der Waals surface area contributed by atoms with Crippen LogP contribution in [-0.2, 0) is 6.54 Å². The Morgan fingerprint density at radius 3 is 2.94 bits per heavy atom. The molecule has 90 valence electrons. The van der Waals surface area contributed by atoms with Crippen LogP contribution in [0.2, 0.25) is 0 Å². The molecule has 1 aromatic carbocycles. The molecule has 0 aromatic heterocycles. The Morgan fingerprint density at radius 2 is 2.25 bits per heavy atom. The molecule has 0 aliphatic heterocycles. The van der Waals surface area contributed by atoms with Gasteiger partial charge in [-0.15, -0.1) is 0 Å². The second kappa shape index (κ2) is 7.25. The summed E-state index contributed by atoms with van der Waals surface area (Å²) in [6.07, 6.45) is 0.708. The van der Waals surface area contributed by atoms with Gasteiger partial charge in [-0.25, -0.2) is 0 Å². The molecule has 0 fully saturated rings. The maximum absolute atomic E-state index is 9.12. The summed E-state index contributed by atoms with van der Waals surface area (Å²) in [5.74, 6) is 0.816. The van der Waals surface area contributed by atoms with Gasteiger partial charge < -0.3 is 15.2 Å².